The first-order valence-corrected chi connectivity index (χ1v) is 3.48. The standard InChI is InChI=1S/C6H10O5/c7-1-3-4(8)5-6(9,11-3)2-10-5/h3-5,7-9H,1-2H2/t3-,4+,5-,6+/m1/s1. The van der Waals surface area contributed by atoms with Gasteiger partial charge in [0, 0.05) is 0 Å². The van der Waals surface area contributed by atoms with Crippen LogP contribution in [0.1, 0.15) is 0 Å². The fourth-order valence-corrected chi connectivity index (χ4v) is 1.46. The molecular formula is C6H10O5. The Balaban J connectivity index is 2.12. The summed E-state index contributed by atoms with van der Waals surface area (Å²) in [5.41, 5.74) is 0. The second-order valence-electron chi connectivity index (χ2n) is 2.91. The average molecular weight is 162 g/mol. The monoisotopic (exact) mass is 162 g/mol. The minimum Gasteiger partial charge on any atom is -0.394 e. The van der Waals surface area contributed by atoms with Crippen molar-refractivity contribution in [3.63, 3.8) is 0 Å². The quantitative estimate of drug-likeness (QED) is 0.409. The van der Waals surface area contributed by atoms with Gasteiger partial charge >= 0.3 is 0 Å². The first-order valence-electron chi connectivity index (χ1n) is 3.48. The summed E-state index contributed by atoms with van der Waals surface area (Å²) in [6.07, 6.45) is -2.31. The Kier molecular flexibility index (Phi) is 1.45. The SMILES string of the molecule is OC[C@H]1O[C@@]2(O)CO[C@@H]2[C@H]1O. The minimum absolute atomic E-state index is 0.0746. The van der Waals surface area contributed by atoms with Crippen molar-refractivity contribution in [2.45, 2.75) is 24.1 Å². The van der Waals surface area contributed by atoms with Crippen molar-refractivity contribution in [3.8, 4) is 0 Å². The van der Waals surface area contributed by atoms with Crippen molar-refractivity contribution < 1.29 is 24.8 Å². The molecule has 2 rings (SSSR count). The van der Waals surface area contributed by atoms with Gasteiger partial charge in [0.05, 0.1) is 6.61 Å². The normalized spacial score (nSPS) is 55.4. The van der Waals surface area contributed by atoms with Gasteiger partial charge in [0.25, 0.3) is 0 Å². The lowest BCUT2D eigenvalue weighted by molar-refractivity contribution is -0.335. The molecule has 0 aromatic carbocycles. The van der Waals surface area contributed by atoms with Crippen molar-refractivity contribution >= 4 is 0 Å². The molecule has 2 heterocycles. The van der Waals surface area contributed by atoms with Crippen LogP contribution < -0.4 is 0 Å². The van der Waals surface area contributed by atoms with Crippen LogP contribution in [-0.2, 0) is 9.47 Å². The lowest BCUT2D eigenvalue weighted by Gasteiger charge is -2.38. The Morgan fingerprint density at radius 3 is 2.55 bits per heavy atom. The van der Waals surface area contributed by atoms with Gasteiger partial charge in [-0.25, -0.2) is 0 Å². The highest BCUT2D eigenvalue weighted by atomic mass is 16.7. The van der Waals surface area contributed by atoms with Gasteiger partial charge in [0.15, 0.2) is 0 Å². The third-order valence-corrected chi connectivity index (χ3v) is 2.14. The van der Waals surface area contributed by atoms with Gasteiger partial charge in [-0.1, -0.05) is 0 Å². The fourth-order valence-electron chi connectivity index (χ4n) is 1.46. The summed E-state index contributed by atoms with van der Waals surface area (Å²) in [5.74, 6) is -1.35. The predicted octanol–water partition coefficient (Wildman–Crippen LogP) is -2.17. The van der Waals surface area contributed by atoms with E-state index in [1.807, 2.05) is 0 Å². The molecule has 0 radical (unpaired) electrons. The summed E-state index contributed by atoms with van der Waals surface area (Å²) >= 11 is 0. The third-order valence-electron chi connectivity index (χ3n) is 2.14. The molecule has 0 aromatic heterocycles. The zero-order valence-electron chi connectivity index (χ0n) is 5.80. The molecule has 5 heteroatoms. The Hall–Kier alpha value is -0.200. The van der Waals surface area contributed by atoms with E-state index in [-0.39, 0.29) is 13.2 Å². The molecular weight excluding hydrogens is 152 g/mol. The van der Waals surface area contributed by atoms with E-state index < -0.39 is 24.1 Å². The zero-order valence-corrected chi connectivity index (χ0v) is 5.80. The van der Waals surface area contributed by atoms with Crippen LogP contribution in [0.5, 0.6) is 0 Å². The van der Waals surface area contributed by atoms with E-state index in [1.165, 1.54) is 0 Å². The van der Waals surface area contributed by atoms with Crippen molar-refractivity contribution in [2.75, 3.05) is 13.2 Å². The van der Waals surface area contributed by atoms with E-state index in [4.69, 9.17) is 14.6 Å². The molecule has 0 aliphatic carbocycles. The highest BCUT2D eigenvalue weighted by Crippen LogP contribution is 2.38. The maximum Gasteiger partial charge on any atom is 0.219 e. The van der Waals surface area contributed by atoms with E-state index in [1.54, 1.807) is 0 Å². The summed E-state index contributed by atoms with van der Waals surface area (Å²) in [4.78, 5) is 0. The molecule has 5 nitrogen and oxygen atoms in total. The lowest BCUT2D eigenvalue weighted by Crippen LogP contribution is -2.58. The van der Waals surface area contributed by atoms with Gasteiger partial charge in [-0.05, 0) is 0 Å². The highest BCUT2D eigenvalue weighted by Gasteiger charge is 2.61. The fraction of sp³-hybridized carbons (Fsp3) is 1.00. The van der Waals surface area contributed by atoms with Crippen molar-refractivity contribution in [1.29, 1.82) is 0 Å². The van der Waals surface area contributed by atoms with Gasteiger partial charge in [0.1, 0.15) is 24.9 Å². The summed E-state index contributed by atoms with van der Waals surface area (Å²) in [6.45, 7) is -0.228. The molecule has 4 atom stereocenters. The van der Waals surface area contributed by atoms with Gasteiger partial charge in [-0.15, -0.1) is 0 Å². The molecule has 2 fully saturated rings. The molecule has 0 aromatic rings. The van der Waals surface area contributed by atoms with Crippen LogP contribution >= 0.6 is 0 Å². The molecule has 3 N–H and O–H groups in total. The molecule has 2 aliphatic heterocycles. The minimum atomic E-state index is -1.35. The zero-order chi connectivity index (χ0) is 8.06. The summed E-state index contributed by atoms with van der Waals surface area (Å²) in [5, 5.41) is 27.3. The van der Waals surface area contributed by atoms with Crippen LogP contribution in [0.3, 0.4) is 0 Å². The number of hydrogen-bond acceptors (Lipinski definition) is 5. The Morgan fingerprint density at radius 1 is 1.55 bits per heavy atom. The number of fused-ring (bicyclic) bond motifs is 1. The first kappa shape index (κ1) is 7.45. The molecule has 0 bridgehead atoms. The largest absolute Gasteiger partial charge is 0.394 e. The van der Waals surface area contributed by atoms with E-state index in [0.29, 0.717) is 0 Å². The molecule has 11 heavy (non-hydrogen) atoms. The van der Waals surface area contributed by atoms with E-state index in [9.17, 15) is 10.2 Å². The predicted molar refractivity (Wildman–Crippen MR) is 32.7 cm³/mol. The summed E-state index contributed by atoms with van der Waals surface area (Å²) < 4.78 is 9.81. The second kappa shape index (κ2) is 2.15. The first-order chi connectivity index (χ1) is 5.17. The Bertz CT molecular complexity index is 172. The van der Waals surface area contributed by atoms with Crippen LogP contribution in [0, 0.1) is 0 Å². The van der Waals surface area contributed by atoms with Crippen LogP contribution in [0.4, 0.5) is 0 Å². The van der Waals surface area contributed by atoms with E-state index >= 15 is 0 Å². The number of aliphatic hydroxyl groups excluding tert-OH is 2. The third kappa shape index (κ3) is 0.830. The maximum atomic E-state index is 9.40. The van der Waals surface area contributed by atoms with Gasteiger partial charge < -0.3 is 24.8 Å². The number of rotatable bonds is 1. The summed E-state index contributed by atoms with van der Waals surface area (Å²) in [6, 6.07) is 0. The van der Waals surface area contributed by atoms with Gasteiger partial charge in [-0.3, -0.25) is 0 Å². The number of ether oxygens (including phenoxy) is 2. The van der Waals surface area contributed by atoms with Crippen LogP contribution in [-0.4, -0.2) is 52.6 Å². The molecule has 2 aliphatic rings. The van der Waals surface area contributed by atoms with E-state index in [0.717, 1.165) is 0 Å². The van der Waals surface area contributed by atoms with Crippen molar-refractivity contribution in [3.05, 3.63) is 0 Å². The Labute approximate surface area is 63.2 Å². The van der Waals surface area contributed by atoms with Gasteiger partial charge in [0.2, 0.25) is 5.79 Å². The van der Waals surface area contributed by atoms with E-state index in [2.05, 4.69) is 0 Å². The molecule has 64 valence electrons. The molecule has 2 saturated heterocycles. The highest BCUT2D eigenvalue weighted by molar-refractivity contribution is 5.02. The molecule has 0 saturated carbocycles. The second-order valence-corrected chi connectivity index (χ2v) is 2.91. The average Bonchev–Trinajstić information content (AvgIpc) is 2.10. The topological polar surface area (TPSA) is 79.2 Å². The lowest BCUT2D eigenvalue weighted by atomic mass is 10.0. The van der Waals surface area contributed by atoms with Crippen LogP contribution in [0.15, 0.2) is 0 Å². The van der Waals surface area contributed by atoms with Crippen LogP contribution in [0.2, 0.25) is 0 Å². The summed E-state index contributed by atoms with van der Waals surface area (Å²) in [7, 11) is 0. The van der Waals surface area contributed by atoms with Crippen LogP contribution in [0.25, 0.3) is 0 Å². The van der Waals surface area contributed by atoms with Gasteiger partial charge in [-0.2, -0.15) is 0 Å². The smallest absolute Gasteiger partial charge is 0.219 e. The molecule has 0 spiro atoms. The number of aliphatic hydroxyl groups is 3. The number of hydrogen-bond donors (Lipinski definition) is 3. The Morgan fingerprint density at radius 2 is 2.27 bits per heavy atom. The molecule has 0 amide bonds. The molecule has 0 unspecified atom stereocenters. The van der Waals surface area contributed by atoms with Crippen molar-refractivity contribution in [2.24, 2.45) is 0 Å². The van der Waals surface area contributed by atoms with Crippen molar-refractivity contribution in [1.82, 2.24) is 0 Å². The maximum absolute atomic E-state index is 9.40.